The molecule has 3 aromatic rings. The number of halogens is 3. The fraction of sp³-hybridized carbons (Fsp3) is 0.235. The molecule has 0 bridgehead atoms. The molecule has 1 aromatic carbocycles. The molecule has 0 aliphatic carbocycles. The summed E-state index contributed by atoms with van der Waals surface area (Å²) in [4.78, 5) is 12.9. The molecule has 1 N–H and O–H groups in total. The lowest BCUT2D eigenvalue weighted by molar-refractivity contribution is 0.102. The van der Waals surface area contributed by atoms with Crippen molar-refractivity contribution in [2.24, 2.45) is 0 Å². The zero-order valence-electron chi connectivity index (χ0n) is 13.9. The molecular weight excluding hydrogens is 410 g/mol. The summed E-state index contributed by atoms with van der Waals surface area (Å²) in [5.74, 6) is -2.02. The first-order chi connectivity index (χ1) is 12.3. The Morgan fingerprint density at radius 2 is 2.04 bits per heavy atom. The number of hydrogen-bond donors (Lipinski definition) is 1. The molecule has 0 aliphatic rings. The van der Waals surface area contributed by atoms with Crippen molar-refractivity contribution in [2.45, 2.75) is 26.5 Å². The van der Waals surface area contributed by atoms with Crippen molar-refractivity contribution >= 4 is 21.7 Å². The molecule has 0 saturated heterocycles. The Bertz CT molecular complexity index is 981. The Hall–Kier alpha value is -2.39. The predicted octanol–water partition coefficient (Wildman–Crippen LogP) is 3.41. The fourth-order valence-corrected chi connectivity index (χ4v) is 3.26. The van der Waals surface area contributed by atoms with Crippen molar-refractivity contribution in [1.29, 1.82) is 0 Å². The van der Waals surface area contributed by atoms with E-state index in [4.69, 9.17) is 0 Å². The maximum absolute atomic E-state index is 14.4. The Morgan fingerprint density at radius 3 is 2.65 bits per heavy atom. The van der Waals surface area contributed by atoms with Crippen LogP contribution in [0.2, 0.25) is 0 Å². The smallest absolute Gasteiger partial charge is 0.218 e. The number of ketones is 1. The standard InChI is InChI=1S/C17H15BrF2N4O2/c1-3-23-17(18)12(7-21-23)16(26)15-13(20)8-22-24(15)14-5-4-10(19)6-11(14)9(2)25/h4-9,25H,3H2,1-2H3. The second kappa shape index (κ2) is 7.08. The van der Waals surface area contributed by atoms with E-state index in [1.807, 2.05) is 6.92 Å². The van der Waals surface area contributed by atoms with Crippen LogP contribution in [-0.4, -0.2) is 30.5 Å². The van der Waals surface area contributed by atoms with E-state index in [9.17, 15) is 18.7 Å². The van der Waals surface area contributed by atoms with Gasteiger partial charge in [-0.25, -0.2) is 13.5 Å². The number of aliphatic hydroxyl groups is 1. The molecular formula is C17H15BrF2N4O2. The second-order valence-corrected chi connectivity index (χ2v) is 6.38. The molecule has 0 fully saturated rings. The van der Waals surface area contributed by atoms with E-state index in [1.165, 1.54) is 19.2 Å². The third-order valence-corrected chi connectivity index (χ3v) is 4.76. The normalized spacial score (nSPS) is 12.4. The lowest BCUT2D eigenvalue weighted by Gasteiger charge is -2.14. The van der Waals surface area contributed by atoms with Crippen LogP contribution in [-0.2, 0) is 6.54 Å². The van der Waals surface area contributed by atoms with Crippen molar-refractivity contribution in [3.8, 4) is 5.69 Å². The van der Waals surface area contributed by atoms with Crippen molar-refractivity contribution in [1.82, 2.24) is 19.6 Å². The summed E-state index contributed by atoms with van der Waals surface area (Å²) in [6.07, 6.45) is 1.21. The van der Waals surface area contributed by atoms with Crippen LogP contribution in [0.25, 0.3) is 5.69 Å². The summed E-state index contributed by atoms with van der Waals surface area (Å²) >= 11 is 3.29. The fourth-order valence-electron chi connectivity index (χ4n) is 2.64. The van der Waals surface area contributed by atoms with Crippen LogP contribution in [0.1, 0.15) is 41.6 Å². The molecule has 0 saturated carbocycles. The Balaban J connectivity index is 2.17. The number of carbonyl (C=O) groups excluding carboxylic acids is 1. The highest BCUT2D eigenvalue weighted by Gasteiger charge is 2.26. The zero-order valence-corrected chi connectivity index (χ0v) is 15.5. The van der Waals surface area contributed by atoms with Gasteiger partial charge in [0.2, 0.25) is 5.78 Å². The molecule has 2 heterocycles. The van der Waals surface area contributed by atoms with Crippen LogP contribution >= 0.6 is 15.9 Å². The summed E-state index contributed by atoms with van der Waals surface area (Å²) in [5, 5.41) is 17.9. The Kier molecular flexibility index (Phi) is 5.01. The minimum Gasteiger partial charge on any atom is -0.389 e. The number of aryl methyl sites for hydroxylation is 1. The van der Waals surface area contributed by atoms with Crippen LogP contribution in [0.3, 0.4) is 0 Å². The van der Waals surface area contributed by atoms with Crippen molar-refractivity contribution in [3.05, 3.63) is 63.7 Å². The molecule has 0 aliphatic heterocycles. The number of carbonyl (C=O) groups is 1. The number of benzene rings is 1. The van der Waals surface area contributed by atoms with E-state index in [0.717, 1.165) is 23.0 Å². The molecule has 1 unspecified atom stereocenters. The minimum absolute atomic E-state index is 0.174. The van der Waals surface area contributed by atoms with Crippen LogP contribution in [0.5, 0.6) is 0 Å². The van der Waals surface area contributed by atoms with E-state index in [0.29, 0.717) is 11.1 Å². The van der Waals surface area contributed by atoms with E-state index in [1.54, 1.807) is 4.68 Å². The first kappa shape index (κ1) is 18.4. The lowest BCUT2D eigenvalue weighted by atomic mass is 10.1. The van der Waals surface area contributed by atoms with Crippen LogP contribution in [0.15, 0.2) is 35.2 Å². The molecule has 26 heavy (non-hydrogen) atoms. The van der Waals surface area contributed by atoms with E-state index < -0.39 is 23.5 Å². The first-order valence-electron chi connectivity index (χ1n) is 7.82. The van der Waals surface area contributed by atoms with Gasteiger partial charge in [-0.05, 0) is 48.0 Å². The van der Waals surface area contributed by atoms with E-state index in [2.05, 4.69) is 26.1 Å². The largest absolute Gasteiger partial charge is 0.389 e. The second-order valence-electron chi connectivity index (χ2n) is 5.63. The van der Waals surface area contributed by atoms with Gasteiger partial charge < -0.3 is 5.11 Å². The van der Waals surface area contributed by atoms with Crippen molar-refractivity contribution in [2.75, 3.05) is 0 Å². The molecule has 6 nitrogen and oxygen atoms in total. The average Bonchev–Trinajstić information content (AvgIpc) is 3.17. The predicted molar refractivity (Wildman–Crippen MR) is 93.1 cm³/mol. The van der Waals surface area contributed by atoms with Gasteiger partial charge in [-0.15, -0.1) is 0 Å². The highest BCUT2D eigenvalue weighted by molar-refractivity contribution is 9.10. The first-order valence-corrected chi connectivity index (χ1v) is 8.61. The molecule has 0 spiro atoms. The number of hydrogen-bond acceptors (Lipinski definition) is 4. The minimum atomic E-state index is -1.04. The van der Waals surface area contributed by atoms with E-state index >= 15 is 0 Å². The molecule has 3 rings (SSSR count). The molecule has 1 atom stereocenters. The van der Waals surface area contributed by atoms with Gasteiger partial charge in [-0.3, -0.25) is 9.48 Å². The van der Waals surface area contributed by atoms with Gasteiger partial charge in [0, 0.05) is 12.1 Å². The lowest BCUT2D eigenvalue weighted by Crippen LogP contribution is -2.14. The van der Waals surface area contributed by atoms with Gasteiger partial charge in [-0.1, -0.05) is 0 Å². The Labute approximate surface area is 156 Å². The van der Waals surface area contributed by atoms with Gasteiger partial charge in [0.05, 0.1) is 29.7 Å². The van der Waals surface area contributed by atoms with Crippen LogP contribution < -0.4 is 0 Å². The topological polar surface area (TPSA) is 72.9 Å². The van der Waals surface area contributed by atoms with Gasteiger partial charge in [0.25, 0.3) is 0 Å². The molecule has 9 heteroatoms. The van der Waals surface area contributed by atoms with E-state index in [-0.39, 0.29) is 22.5 Å². The highest BCUT2D eigenvalue weighted by Crippen LogP contribution is 2.27. The van der Waals surface area contributed by atoms with Gasteiger partial charge >= 0.3 is 0 Å². The maximum atomic E-state index is 14.4. The zero-order chi connectivity index (χ0) is 19.0. The average molecular weight is 425 g/mol. The van der Waals surface area contributed by atoms with Crippen molar-refractivity contribution in [3.63, 3.8) is 0 Å². The summed E-state index contributed by atoms with van der Waals surface area (Å²) in [6.45, 7) is 3.82. The molecule has 0 amide bonds. The summed E-state index contributed by atoms with van der Waals surface area (Å²) in [7, 11) is 0. The monoisotopic (exact) mass is 424 g/mol. The molecule has 2 aromatic heterocycles. The van der Waals surface area contributed by atoms with Crippen LogP contribution in [0, 0.1) is 11.6 Å². The third-order valence-electron chi connectivity index (χ3n) is 3.93. The highest BCUT2D eigenvalue weighted by atomic mass is 79.9. The van der Waals surface area contributed by atoms with Crippen molar-refractivity contribution < 1.29 is 18.7 Å². The quantitative estimate of drug-likeness (QED) is 0.636. The maximum Gasteiger partial charge on any atom is 0.218 e. The number of nitrogens with zero attached hydrogens (tertiary/aromatic N) is 4. The van der Waals surface area contributed by atoms with Gasteiger partial charge in [0.1, 0.15) is 10.4 Å². The number of rotatable bonds is 5. The van der Waals surface area contributed by atoms with Gasteiger partial charge in [-0.2, -0.15) is 10.2 Å². The summed E-state index contributed by atoms with van der Waals surface area (Å²) in [6, 6.07) is 3.62. The SMILES string of the molecule is CCn1ncc(C(=O)c2c(F)cnn2-c2ccc(F)cc2C(C)O)c1Br. The molecule has 136 valence electrons. The Morgan fingerprint density at radius 1 is 1.31 bits per heavy atom. The summed E-state index contributed by atoms with van der Waals surface area (Å²) < 4.78 is 31.0. The summed E-state index contributed by atoms with van der Waals surface area (Å²) in [5.41, 5.74) is 0.251. The van der Waals surface area contributed by atoms with Gasteiger partial charge in [0.15, 0.2) is 11.5 Å². The third kappa shape index (κ3) is 3.08. The molecule has 0 radical (unpaired) electrons. The number of aromatic nitrogens is 4. The van der Waals surface area contributed by atoms with Crippen LogP contribution in [0.4, 0.5) is 8.78 Å². The number of aliphatic hydroxyl groups excluding tert-OH is 1.